The van der Waals surface area contributed by atoms with Crippen LogP contribution in [0.1, 0.15) is 25.3 Å². The highest BCUT2D eigenvalue weighted by Crippen LogP contribution is 2.17. The maximum Gasteiger partial charge on any atom is 0.123 e. The number of halogens is 1. The molecule has 0 radical (unpaired) electrons. The molecule has 0 amide bonds. The number of aryl methyl sites for hydroxylation is 1. The van der Waals surface area contributed by atoms with Crippen molar-refractivity contribution in [2.45, 2.75) is 26.7 Å². The van der Waals surface area contributed by atoms with Crippen molar-refractivity contribution in [2.24, 2.45) is 0 Å². The second kappa shape index (κ2) is 7.23. The standard InChI is InChI=1S/C13H19FO2/c1-3-4-7-15-8-9-16-13-6-5-12(14)10-11(13)2/h5-6,10H,3-4,7-9H2,1-2H3. The van der Waals surface area contributed by atoms with Crippen LogP contribution in [0.5, 0.6) is 5.75 Å². The second-order valence-electron chi connectivity index (χ2n) is 3.72. The molecule has 0 unspecified atom stereocenters. The normalized spacial score (nSPS) is 10.4. The maximum absolute atomic E-state index is 12.8. The zero-order chi connectivity index (χ0) is 11.8. The average Bonchev–Trinajstić information content (AvgIpc) is 2.26. The molecule has 0 atom stereocenters. The fourth-order valence-electron chi connectivity index (χ4n) is 1.33. The SMILES string of the molecule is CCCCOCCOc1ccc(F)cc1C. The first-order valence-electron chi connectivity index (χ1n) is 5.70. The summed E-state index contributed by atoms with van der Waals surface area (Å²) in [7, 11) is 0. The molecule has 0 fully saturated rings. The first-order valence-corrected chi connectivity index (χ1v) is 5.70. The van der Waals surface area contributed by atoms with E-state index < -0.39 is 0 Å². The van der Waals surface area contributed by atoms with Gasteiger partial charge in [0.05, 0.1) is 6.61 Å². The summed E-state index contributed by atoms with van der Waals surface area (Å²) < 4.78 is 23.6. The molecule has 3 heteroatoms. The van der Waals surface area contributed by atoms with Gasteiger partial charge in [0.2, 0.25) is 0 Å². The highest BCUT2D eigenvalue weighted by molar-refractivity contribution is 5.32. The highest BCUT2D eigenvalue weighted by Gasteiger charge is 2.00. The van der Waals surface area contributed by atoms with Crippen molar-refractivity contribution in [1.82, 2.24) is 0 Å². The van der Waals surface area contributed by atoms with Gasteiger partial charge in [0.1, 0.15) is 18.2 Å². The van der Waals surface area contributed by atoms with E-state index in [9.17, 15) is 4.39 Å². The Balaban J connectivity index is 2.21. The van der Waals surface area contributed by atoms with Gasteiger partial charge >= 0.3 is 0 Å². The first-order chi connectivity index (χ1) is 7.74. The van der Waals surface area contributed by atoms with Crippen LogP contribution in [0.3, 0.4) is 0 Å². The maximum atomic E-state index is 12.8. The molecule has 0 saturated carbocycles. The zero-order valence-corrected chi connectivity index (χ0v) is 9.96. The van der Waals surface area contributed by atoms with E-state index in [1.165, 1.54) is 12.1 Å². The van der Waals surface area contributed by atoms with Crippen LogP contribution in [0.25, 0.3) is 0 Å². The van der Waals surface area contributed by atoms with Crippen molar-refractivity contribution in [3.63, 3.8) is 0 Å². The van der Waals surface area contributed by atoms with Crippen molar-refractivity contribution in [1.29, 1.82) is 0 Å². The van der Waals surface area contributed by atoms with E-state index in [0.717, 1.165) is 30.8 Å². The molecule has 0 aliphatic heterocycles. The lowest BCUT2D eigenvalue weighted by atomic mass is 10.2. The molecule has 1 rings (SSSR count). The molecule has 1 aromatic carbocycles. The van der Waals surface area contributed by atoms with Crippen molar-refractivity contribution in [2.75, 3.05) is 19.8 Å². The van der Waals surface area contributed by atoms with Crippen LogP contribution >= 0.6 is 0 Å². The fraction of sp³-hybridized carbons (Fsp3) is 0.538. The number of benzene rings is 1. The third kappa shape index (κ3) is 4.62. The minimum absolute atomic E-state index is 0.232. The predicted molar refractivity (Wildman–Crippen MR) is 62.4 cm³/mol. The second-order valence-corrected chi connectivity index (χ2v) is 3.72. The third-order valence-corrected chi connectivity index (χ3v) is 2.26. The molecule has 0 N–H and O–H groups in total. The molecule has 2 nitrogen and oxygen atoms in total. The summed E-state index contributed by atoms with van der Waals surface area (Å²) in [5, 5.41) is 0. The molecule has 0 aromatic heterocycles. The molecule has 0 aliphatic rings. The number of rotatable bonds is 7. The van der Waals surface area contributed by atoms with E-state index in [1.807, 2.05) is 6.92 Å². The molecule has 0 heterocycles. The molecule has 16 heavy (non-hydrogen) atoms. The van der Waals surface area contributed by atoms with Crippen LogP contribution in [0.4, 0.5) is 4.39 Å². The Hall–Kier alpha value is -1.09. The Morgan fingerprint density at radius 3 is 2.69 bits per heavy atom. The van der Waals surface area contributed by atoms with Crippen LogP contribution in [0.15, 0.2) is 18.2 Å². The monoisotopic (exact) mass is 226 g/mol. The van der Waals surface area contributed by atoms with Crippen LogP contribution < -0.4 is 4.74 Å². The van der Waals surface area contributed by atoms with E-state index in [4.69, 9.17) is 9.47 Å². The van der Waals surface area contributed by atoms with Gasteiger partial charge < -0.3 is 9.47 Å². The summed E-state index contributed by atoms with van der Waals surface area (Å²) in [6.45, 7) is 5.83. The van der Waals surface area contributed by atoms with Gasteiger partial charge in [-0.1, -0.05) is 13.3 Å². The molecule has 0 bridgehead atoms. The summed E-state index contributed by atoms with van der Waals surface area (Å²) in [6, 6.07) is 4.52. The molecule has 1 aromatic rings. The lowest BCUT2D eigenvalue weighted by molar-refractivity contribution is 0.0978. The number of unbranched alkanes of at least 4 members (excludes halogenated alkanes) is 1. The fourth-order valence-corrected chi connectivity index (χ4v) is 1.33. The number of ether oxygens (including phenoxy) is 2. The lowest BCUT2D eigenvalue weighted by Crippen LogP contribution is -2.08. The molecule has 0 spiro atoms. The van der Waals surface area contributed by atoms with Gasteiger partial charge in [0.15, 0.2) is 0 Å². The van der Waals surface area contributed by atoms with Gasteiger partial charge in [-0.25, -0.2) is 4.39 Å². The van der Waals surface area contributed by atoms with Gasteiger partial charge in [-0.15, -0.1) is 0 Å². The van der Waals surface area contributed by atoms with Crippen LogP contribution in [-0.4, -0.2) is 19.8 Å². The Labute approximate surface area is 96.4 Å². The van der Waals surface area contributed by atoms with Crippen LogP contribution in [0, 0.1) is 12.7 Å². The minimum Gasteiger partial charge on any atom is -0.491 e. The summed E-state index contributed by atoms with van der Waals surface area (Å²) in [4.78, 5) is 0. The van der Waals surface area contributed by atoms with Gasteiger partial charge in [-0.05, 0) is 37.1 Å². The minimum atomic E-state index is -0.232. The van der Waals surface area contributed by atoms with Gasteiger partial charge in [-0.2, -0.15) is 0 Å². The van der Waals surface area contributed by atoms with Gasteiger partial charge in [0, 0.05) is 6.61 Å². The summed E-state index contributed by atoms with van der Waals surface area (Å²) in [6.07, 6.45) is 2.22. The topological polar surface area (TPSA) is 18.5 Å². The van der Waals surface area contributed by atoms with Gasteiger partial charge in [-0.3, -0.25) is 0 Å². The number of hydrogen-bond donors (Lipinski definition) is 0. The van der Waals surface area contributed by atoms with Crippen molar-refractivity contribution < 1.29 is 13.9 Å². The Morgan fingerprint density at radius 1 is 1.19 bits per heavy atom. The largest absolute Gasteiger partial charge is 0.491 e. The van der Waals surface area contributed by atoms with Crippen LogP contribution in [0.2, 0.25) is 0 Å². The van der Waals surface area contributed by atoms with Crippen molar-refractivity contribution in [3.05, 3.63) is 29.6 Å². The van der Waals surface area contributed by atoms with Gasteiger partial charge in [0.25, 0.3) is 0 Å². The quantitative estimate of drug-likeness (QED) is 0.664. The molecular weight excluding hydrogens is 207 g/mol. The third-order valence-electron chi connectivity index (χ3n) is 2.26. The van der Waals surface area contributed by atoms with E-state index in [1.54, 1.807) is 6.07 Å². The molecule has 90 valence electrons. The predicted octanol–water partition coefficient (Wildman–Crippen LogP) is 3.33. The van der Waals surface area contributed by atoms with Crippen LogP contribution in [-0.2, 0) is 4.74 Å². The Kier molecular flexibility index (Phi) is 5.86. The summed E-state index contributed by atoms with van der Waals surface area (Å²) in [5.74, 6) is 0.490. The van der Waals surface area contributed by atoms with Crippen molar-refractivity contribution >= 4 is 0 Å². The summed E-state index contributed by atoms with van der Waals surface area (Å²) >= 11 is 0. The highest BCUT2D eigenvalue weighted by atomic mass is 19.1. The molecular formula is C13H19FO2. The van der Waals surface area contributed by atoms with Crippen molar-refractivity contribution in [3.8, 4) is 5.75 Å². The molecule has 0 saturated heterocycles. The first kappa shape index (κ1) is 13.0. The summed E-state index contributed by atoms with van der Waals surface area (Å²) in [5.41, 5.74) is 0.813. The van der Waals surface area contributed by atoms with E-state index in [0.29, 0.717) is 13.2 Å². The number of hydrogen-bond acceptors (Lipinski definition) is 2. The average molecular weight is 226 g/mol. The Morgan fingerprint density at radius 2 is 2.00 bits per heavy atom. The smallest absolute Gasteiger partial charge is 0.123 e. The Bertz CT molecular complexity index is 313. The zero-order valence-electron chi connectivity index (χ0n) is 9.96. The lowest BCUT2D eigenvalue weighted by Gasteiger charge is -2.09. The van der Waals surface area contributed by atoms with E-state index >= 15 is 0 Å². The molecule has 0 aliphatic carbocycles. The van der Waals surface area contributed by atoms with E-state index in [-0.39, 0.29) is 5.82 Å². The van der Waals surface area contributed by atoms with E-state index in [2.05, 4.69) is 6.92 Å².